The Bertz CT molecular complexity index is 477. The van der Waals surface area contributed by atoms with E-state index < -0.39 is 0 Å². The Balaban J connectivity index is 2.17. The van der Waals surface area contributed by atoms with Crippen LogP contribution in [-0.4, -0.2) is 23.4 Å². The van der Waals surface area contributed by atoms with E-state index in [1.165, 1.54) is 5.56 Å². The fourth-order valence-electron chi connectivity index (χ4n) is 2.78. The number of benzene rings is 1. The van der Waals surface area contributed by atoms with E-state index in [1.54, 1.807) is 0 Å². The molecule has 0 aliphatic carbocycles. The minimum Gasteiger partial charge on any atom is -0.334 e. The van der Waals surface area contributed by atoms with Crippen LogP contribution in [0.4, 0.5) is 0 Å². The first-order valence-electron chi connectivity index (χ1n) is 7.36. The minimum atomic E-state index is -0.382. The van der Waals surface area contributed by atoms with Gasteiger partial charge in [0.2, 0.25) is 5.91 Å². The first-order valence-corrected chi connectivity index (χ1v) is 8.15. The summed E-state index contributed by atoms with van der Waals surface area (Å²) in [5.74, 6) is 0.327. The minimum absolute atomic E-state index is 0.0989. The number of halogens is 1. The zero-order valence-electron chi connectivity index (χ0n) is 12.2. The van der Waals surface area contributed by atoms with E-state index in [-0.39, 0.29) is 23.9 Å². The van der Waals surface area contributed by atoms with Gasteiger partial charge in [-0.25, -0.2) is 0 Å². The lowest BCUT2D eigenvalue weighted by atomic mass is 9.97. The molecule has 3 nitrogen and oxygen atoms in total. The van der Waals surface area contributed by atoms with E-state index in [9.17, 15) is 4.79 Å². The van der Waals surface area contributed by atoms with Gasteiger partial charge in [0.15, 0.2) is 0 Å². The van der Waals surface area contributed by atoms with Crippen molar-refractivity contribution in [3.63, 3.8) is 0 Å². The molecule has 3 unspecified atom stereocenters. The van der Waals surface area contributed by atoms with Crippen LogP contribution in [0.15, 0.2) is 28.7 Å². The molecular weight excluding hydrogens is 316 g/mol. The molecule has 0 bridgehead atoms. The predicted octanol–water partition coefficient (Wildman–Crippen LogP) is 3.49. The molecular formula is C16H23BrN2O. The van der Waals surface area contributed by atoms with Gasteiger partial charge < -0.3 is 10.6 Å². The van der Waals surface area contributed by atoms with Crippen LogP contribution < -0.4 is 5.73 Å². The third kappa shape index (κ3) is 3.23. The third-order valence-corrected chi connectivity index (χ3v) is 4.80. The average molecular weight is 339 g/mol. The van der Waals surface area contributed by atoms with Crippen molar-refractivity contribution >= 4 is 21.8 Å². The zero-order chi connectivity index (χ0) is 14.7. The van der Waals surface area contributed by atoms with E-state index in [4.69, 9.17) is 5.73 Å². The van der Waals surface area contributed by atoms with Crippen molar-refractivity contribution in [3.05, 3.63) is 34.3 Å². The van der Waals surface area contributed by atoms with Gasteiger partial charge in [0.25, 0.3) is 0 Å². The number of rotatable bonds is 4. The van der Waals surface area contributed by atoms with Crippen molar-refractivity contribution < 1.29 is 4.79 Å². The molecule has 0 saturated carbocycles. The Morgan fingerprint density at radius 3 is 2.95 bits per heavy atom. The van der Waals surface area contributed by atoms with Crippen molar-refractivity contribution in [2.45, 2.75) is 45.2 Å². The van der Waals surface area contributed by atoms with Crippen molar-refractivity contribution in [1.29, 1.82) is 0 Å². The molecule has 1 aliphatic rings. The largest absolute Gasteiger partial charge is 0.334 e. The number of carbonyl (C=O) groups excluding carboxylic acids is 1. The molecule has 0 spiro atoms. The van der Waals surface area contributed by atoms with Gasteiger partial charge in [0, 0.05) is 11.0 Å². The molecule has 3 atom stereocenters. The highest BCUT2D eigenvalue weighted by Gasteiger charge is 2.34. The number of nitrogens with zero attached hydrogens (tertiary/aromatic N) is 1. The monoisotopic (exact) mass is 338 g/mol. The molecule has 0 aromatic heterocycles. The summed E-state index contributed by atoms with van der Waals surface area (Å²) in [5, 5.41) is 0. The molecule has 1 aliphatic heterocycles. The summed E-state index contributed by atoms with van der Waals surface area (Å²) in [6.45, 7) is 4.94. The average Bonchev–Trinajstić information content (AvgIpc) is 2.94. The fourth-order valence-corrected chi connectivity index (χ4v) is 3.20. The Morgan fingerprint density at radius 2 is 2.30 bits per heavy atom. The van der Waals surface area contributed by atoms with E-state index in [2.05, 4.69) is 35.0 Å². The summed E-state index contributed by atoms with van der Waals surface area (Å²) in [6.07, 6.45) is 3.01. The summed E-state index contributed by atoms with van der Waals surface area (Å²) in [5.41, 5.74) is 7.32. The zero-order valence-corrected chi connectivity index (χ0v) is 13.8. The molecule has 110 valence electrons. The van der Waals surface area contributed by atoms with E-state index in [0.29, 0.717) is 0 Å². The van der Waals surface area contributed by atoms with Crippen LogP contribution in [0.2, 0.25) is 0 Å². The quantitative estimate of drug-likeness (QED) is 0.913. The van der Waals surface area contributed by atoms with Crippen LogP contribution >= 0.6 is 15.9 Å². The topological polar surface area (TPSA) is 46.3 Å². The smallest absolute Gasteiger partial charge is 0.240 e. The number of hydrogen-bond donors (Lipinski definition) is 1. The maximum absolute atomic E-state index is 12.6. The molecule has 2 rings (SSSR count). The Kier molecular flexibility index (Phi) is 5.22. The lowest BCUT2D eigenvalue weighted by Crippen LogP contribution is -2.46. The number of amides is 1. The molecule has 1 aromatic rings. The van der Waals surface area contributed by atoms with Crippen molar-refractivity contribution in [3.8, 4) is 0 Å². The second kappa shape index (κ2) is 6.72. The molecule has 1 heterocycles. The van der Waals surface area contributed by atoms with Gasteiger partial charge in [-0.1, -0.05) is 48.3 Å². The SMILES string of the molecule is CCC(C)C(N)C(=O)N1CCCC1c1cccc(Br)c1. The lowest BCUT2D eigenvalue weighted by Gasteiger charge is -2.29. The molecule has 20 heavy (non-hydrogen) atoms. The molecule has 0 radical (unpaired) electrons. The van der Waals surface area contributed by atoms with Crippen LogP contribution in [-0.2, 0) is 4.79 Å². The third-order valence-electron chi connectivity index (χ3n) is 4.31. The summed E-state index contributed by atoms with van der Waals surface area (Å²) >= 11 is 3.50. The van der Waals surface area contributed by atoms with Gasteiger partial charge in [-0.3, -0.25) is 4.79 Å². The van der Waals surface area contributed by atoms with Crippen LogP contribution in [0.25, 0.3) is 0 Å². The summed E-state index contributed by atoms with van der Waals surface area (Å²) < 4.78 is 1.06. The van der Waals surface area contributed by atoms with Crippen molar-refractivity contribution in [1.82, 2.24) is 4.90 Å². The first-order chi connectivity index (χ1) is 9.54. The van der Waals surface area contributed by atoms with Gasteiger partial charge in [-0.05, 0) is 36.5 Å². The summed E-state index contributed by atoms with van der Waals surface area (Å²) in [7, 11) is 0. The van der Waals surface area contributed by atoms with Crippen LogP contribution in [0.5, 0.6) is 0 Å². The predicted molar refractivity (Wildman–Crippen MR) is 85.3 cm³/mol. The number of carbonyl (C=O) groups is 1. The number of nitrogens with two attached hydrogens (primary N) is 1. The van der Waals surface area contributed by atoms with E-state index in [0.717, 1.165) is 30.3 Å². The maximum Gasteiger partial charge on any atom is 0.240 e. The van der Waals surface area contributed by atoms with Gasteiger partial charge in [-0.15, -0.1) is 0 Å². The van der Waals surface area contributed by atoms with E-state index in [1.807, 2.05) is 24.0 Å². The Hall–Kier alpha value is -0.870. The normalized spacial score (nSPS) is 21.8. The van der Waals surface area contributed by atoms with Gasteiger partial charge >= 0.3 is 0 Å². The second-order valence-electron chi connectivity index (χ2n) is 5.66. The molecule has 1 aromatic carbocycles. The van der Waals surface area contributed by atoms with Gasteiger partial charge in [0.1, 0.15) is 0 Å². The number of likely N-dealkylation sites (tertiary alicyclic amines) is 1. The highest BCUT2D eigenvalue weighted by molar-refractivity contribution is 9.10. The standard InChI is InChI=1S/C16H23BrN2O/c1-3-11(2)15(18)16(20)19-9-5-8-14(19)12-6-4-7-13(17)10-12/h4,6-7,10-11,14-15H,3,5,8-9,18H2,1-2H3. The molecule has 1 saturated heterocycles. The molecule has 4 heteroatoms. The fraction of sp³-hybridized carbons (Fsp3) is 0.562. The van der Waals surface area contributed by atoms with Crippen molar-refractivity contribution in [2.75, 3.05) is 6.54 Å². The van der Waals surface area contributed by atoms with E-state index >= 15 is 0 Å². The molecule has 1 fully saturated rings. The maximum atomic E-state index is 12.6. The number of hydrogen-bond acceptors (Lipinski definition) is 2. The molecule has 2 N–H and O–H groups in total. The first kappa shape index (κ1) is 15.5. The summed E-state index contributed by atoms with van der Waals surface area (Å²) in [4.78, 5) is 14.6. The van der Waals surface area contributed by atoms with Crippen LogP contribution in [0.3, 0.4) is 0 Å². The summed E-state index contributed by atoms with van der Waals surface area (Å²) in [6, 6.07) is 8.02. The Labute approximate surface area is 129 Å². The van der Waals surface area contributed by atoms with Gasteiger partial charge in [0.05, 0.1) is 12.1 Å². The van der Waals surface area contributed by atoms with Gasteiger partial charge in [-0.2, -0.15) is 0 Å². The van der Waals surface area contributed by atoms with Crippen molar-refractivity contribution in [2.24, 2.45) is 11.7 Å². The molecule has 1 amide bonds. The highest BCUT2D eigenvalue weighted by Crippen LogP contribution is 2.33. The second-order valence-corrected chi connectivity index (χ2v) is 6.57. The highest BCUT2D eigenvalue weighted by atomic mass is 79.9. The van der Waals surface area contributed by atoms with Crippen LogP contribution in [0.1, 0.15) is 44.7 Å². The van der Waals surface area contributed by atoms with Crippen LogP contribution in [0, 0.1) is 5.92 Å². The Morgan fingerprint density at radius 1 is 1.55 bits per heavy atom. The lowest BCUT2D eigenvalue weighted by molar-refractivity contribution is -0.134.